The van der Waals surface area contributed by atoms with Gasteiger partial charge in [-0.05, 0) is 11.6 Å². The summed E-state index contributed by atoms with van der Waals surface area (Å²) in [7, 11) is 1.79. The van der Waals surface area contributed by atoms with Gasteiger partial charge in [-0.25, -0.2) is 4.98 Å². The first-order chi connectivity index (χ1) is 8.54. The lowest BCUT2D eigenvalue weighted by atomic mass is 10.00. The van der Waals surface area contributed by atoms with Gasteiger partial charge in [-0.3, -0.25) is 14.5 Å². The van der Waals surface area contributed by atoms with Crippen LogP contribution in [0.15, 0.2) is 18.3 Å². The number of carbonyl (C=O) groups is 2. The van der Waals surface area contributed by atoms with Crippen molar-refractivity contribution in [2.45, 2.75) is 20.4 Å². The van der Waals surface area contributed by atoms with Crippen molar-refractivity contribution < 1.29 is 9.59 Å². The molecule has 1 aliphatic heterocycles. The number of rotatable bonds is 3. The van der Waals surface area contributed by atoms with Crippen molar-refractivity contribution in [2.24, 2.45) is 11.8 Å². The number of hydrogen-bond acceptors (Lipinski definition) is 4. The van der Waals surface area contributed by atoms with Crippen LogP contribution in [0.1, 0.15) is 19.4 Å². The number of carbonyl (C=O) groups excluding carboxylic acids is 2. The maximum Gasteiger partial charge on any atom is 0.233 e. The van der Waals surface area contributed by atoms with Gasteiger partial charge in [-0.2, -0.15) is 0 Å². The highest BCUT2D eigenvalue weighted by atomic mass is 16.2. The van der Waals surface area contributed by atoms with E-state index in [9.17, 15) is 9.59 Å². The SMILES string of the molecule is CNc1ccc(CN2C(=O)C(C)C(C)C2=O)cn1. The Labute approximate surface area is 106 Å². The van der Waals surface area contributed by atoms with Gasteiger partial charge in [-0.15, -0.1) is 0 Å². The van der Waals surface area contributed by atoms with Gasteiger partial charge in [0.05, 0.1) is 6.54 Å². The number of hydrogen-bond donors (Lipinski definition) is 1. The summed E-state index contributed by atoms with van der Waals surface area (Å²) in [5, 5.41) is 2.92. The number of imide groups is 1. The molecule has 2 atom stereocenters. The first-order valence-corrected chi connectivity index (χ1v) is 6.02. The summed E-state index contributed by atoms with van der Waals surface area (Å²) in [6.45, 7) is 3.91. The quantitative estimate of drug-likeness (QED) is 0.817. The molecule has 2 heterocycles. The zero-order chi connectivity index (χ0) is 13.3. The Bertz CT molecular complexity index is 450. The number of nitrogens with zero attached hydrogens (tertiary/aromatic N) is 2. The third-order valence-corrected chi connectivity index (χ3v) is 3.48. The van der Waals surface area contributed by atoms with Gasteiger partial charge in [-0.1, -0.05) is 19.9 Å². The molecule has 5 nitrogen and oxygen atoms in total. The molecule has 0 aliphatic carbocycles. The van der Waals surface area contributed by atoms with E-state index in [0.29, 0.717) is 6.54 Å². The Morgan fingerprint density at radius 1 is 1.22 bits per heavy atom. The zero-order valence-corrected chi connectivity index (χ0v) is 10.8. The van der Waals surface area contributed by atoms with E-state index in [1.807, 2.05) is 12.1 Å². The molecule has 2 unspecified atom stereocenters. The van der Waals surface area contributed by atoms with Crippen LogP contribution in [0.25, 0.3) is 0 Å². The maximum absolute atomic E-state index is 11.9. The molecule has 18 heavy (non-hydrogen) atoms. The molecule has 5 heteroatoms. The third kappa shape index (κ3) is 2.08. The zero-order valence-electron chi connectivity index (χ0n) is 10.8. The van der Waals surface area contributed by atoms with E-state index < -0.39 is 0 Å². The van der Waals surface area contributed by atoms with Gasteiger partial charge in [0.2, 0.25) is 11.8 Å². The van der Waals surface area contributed by atoms with Crippen LogP contribution in [0, 0.1) is 11.8 Å². The fourth-order valence-electron chi connectivity index (χ4n) is 2.03. The lowest BCUT2D eigenvalue weighted by Gasteiger charge is -2.14. The topological polar surface area (TPSA) is 62.3 Å². The standard InChI is InChI=1S/C13H17N3O2/c1-8-9(2)13(18)16(12(8)17)7-10-4-5-11(14-3)15-6-10/h4-6,8-9H,7H2,1-3H3,(H,14,15). The van der Waals surface area contributed by atoms with E-state index in [2.05, 4.69) is 10.3 Å². The highest BCUT2D eigenvalue weighted by Crippen LogP contribution is 2.26. The lowest BCUT2D eigenvalue weighted by Crippen LogP contribution is -2.30. The number of aromatic nitrogens is 1. The van der Waals surface area contributed by atoms with Crippen molar-refractivity contribution >= 4 is 17.6 Å². The van der Waals surface area contributed by atoms with Gasteiger partial charge in [0.1, 0.15) is 5.82 Å². The minimum atomic E-state index is -0.220. The second-order valence-electron chi connectivity index (χ2n) is 4.64. The largest absolute Gasteiger partial charge is 0.373 e. The molecule has 2 rings (SSSR count). The van der Waals surface area contributed by atoms with Gasteiger partial charge >= 0.3 is 0 Å². The molecule has 0 bridgehead atoms. The lowest BCUT2D eigenvalue weighted by molar-refractivity contribution is -0.140. The summed E-state index contributed by atoms with van der Waals surface area (Å²) in [6.07, 6.45) is 1.68. The molecular formula is C13H17N3O2. The Morgan fingerprint density at radius 3 is 2.28 bits per heavy atom. The average molecular weight is 247 g/mol. The summed E-state index contributed by atoms with van der Waals surface area (Å²) in [5.74, 6) is 0.138. The first-order valence-electron chi connectivity index (χ1n) is 6.02. The van der Waals surface area contributed by atoms with Crippen LogP contribution in [0.3, 0.4) is 0 Å². The fourth-order valence-corrected chi connectivity index (χ4v) is 2.03. The number of nitrogens with one attached hydrogen (secondary N) is 1. The highest BCUT2D eigenvalue weighted by molar-refractivity contribution is 6.04. The Kier molecular flexibility index (Phi) is 3.32. The van der Waals surface area contributed by atoms with Crippen LogP contribution < -0.4 is 5.32 Å². The number of amides is 2. The van der Waals surface area contributed by atoms with Crippen LogP contribution in [0.5, 0.6) is 0 Å². The van der Waals surface area contributed by atoms with Crippen molar-refractivity contribution in [3.63, 3.8) is 0 Å². The van der Waals surface area contributed by atoms with E-state index in [-0.39, 0.29) is 23.7 Å². The predicted molar refractivity (Wildman–Crippen MR) is 67.7 cm³/mol. The van der Waals surface area contributed by atoms with Gasteiger partial charge in [0, 0.05) is 25.1 Å². The average Bonchev–Trinajstić information content (AvgIpc) is 2.57. The smallest absolute Gasteiger partial charge is 0.233 e. The Balaban J connectivity index is 2.13. The van der Waals surface area contributed by atoms with Crippen molar-refractivity contribution in [2.75, 3.05) is 12.4 Å². The third-order valence-electron chi connectivity index (χ3n) is 3.48. The normalized spacial score (nSPS) is 23.6. The number of anilines is 1. The van der Waals surface area contributed by atoms with E-state index in [0.717, 1.165) is 11.4 Å². The molecule has 2 amide bonds. The van der Waals surface area contributed by atoms with Crippen molar-refractivity contribution in [1.29, 1.82) is 0 Å². The first kappa shape index (κ1) is 12.5. The van der Waals surface area contributed by atoms with E-state index in [1.165, 1.54) is 4.90 Å². The molecule has 1 aliphatic rings. The van der Waals surface area contributed by atoms with Crippen LogP contribution >= 0.6 is 0 Å². The monoisotopic (exact) mass is 247 g/mol. The Hall–Kier alpha value is -1.91. The molecule has 1 fully saturated rings. The second-order valence-corrected chi connectivity index (χ2v) is 4.64. The minimum absolute atomic E-state index is 0.0924. The molecule has 0 saturated carbocycles. The molecule has 1 aromatic rings. The molecule has 0 radical (unpaired) electrons. The summed E-state index contributed by atoms with van der Waals surface area (Å²) < 4.78 is 0. The van der Waals surface area contributed by atoms with Crippen LogP contribution in [0.4, 0.5) is 5.82 Å². The minimum Gasteiger partial charge on any atom is -0.373 e. The second kappa shape index (κ2) is 4.76. The molecule has 96 valence electrons. The molecule has 1 N–H and O–H groups in total. The summed E-state index contributed by atoms with van der Waals surface area (Å²) in [6, 6.07) is 3.69. The van der Waals surface area contributed by atoms with E-state index in [4.69, 9.17) is 0 Å². The van der Waals surface area contributed by atoms with Crippen LogP contribution in [-0.2, 0) is 16.1 Å². The molecule has 1 aromatic heterocycles. The Morgan fingerprint density at radius 2 is 1.83 bits per heavy atom. The maximum atomic E-state index is 11.9. The van der Waals surface area contributed by atoms with Crippen molar-refractivity contribution in [3.8, 4) is 0 Å². The van der Waals surface area contributed by atoms with Gasteiger partial charge < -0.3 is 5.32 Å². The van der Waals surface area contributed by atoms with Crippen molar-refractivity contribution in [1.82, 2.24) is 9.88 Å². The summed E-state index contributed by atoms with van der Waals surface area (Å²) in [4.78, 5) is 29.3. The van der Waals surface area contributed by atoms with E-state index >= 15 is 0 Å². The molecular weight excluding hydrogens is 230 g/mol. The molecule has 0 aromatic carbocycles. The fraction of sp³-hybridized carbons (Fsp3) is 0.462. The summed E-state index contributed by atoms with van der Waals surface area (Å²) >= 11 is 0. The predicted octanol–water partition coefficient (Wildman–Crippen LogP) is 1.26. The number of likely N-dealkylation sites (tertiary alicyclic amines) is 1. The van der Waals surface area contributed by atoms with Gasteiger partial charge in [0.25, 0.3) is 0 Å². The number of pyridine rings is 1. The van der Waals surface area contributed by atoms with Crippen LogP contribution in [-0.4, -0.2) is 28.7 Å². The molecule has 1 saturated heterocycles. The highest BCUT2D eigenvalue weighted by Gasteiger charge is 2.41. The van der Waals surface area contributed by atoms with Crippen LogP contribution in [0.2, 0.25) is 0 Å². The van der Waals surface area contributed by atoms with E-state index in [1.54, 1.807) is 27.1 Å². The molecule has 0 spiro atoms. The van der Waals surface area contributed by atoms with Crippen molar-refractivity contribution in [3.05, 3.63) is 23.9 Å². The van der Waals surface area contributed by atoms with Gasteiger partial charge in [0.15, 0.2) is 0 Å². The summed E-state index contributed by atoms with van der Waals surface area (Å²) in [5.41, 5.74) is 0.858.